The van der Waals surface area contributed by atoms with E-state index in [2.05, 4.69) is 0 Å². The topological polar surface area (TPSA) is 12.5 Å². The summed E-state index contributed by atoms with van der Waals surface area (Å²) in [5.74, 6) is 0.844. The lowest BCUT2D eigenvalue weighted by Crippen LogP contribution is -2.23. The Balaban J connectivity index is 2.16. The summed E-state index contributed by atoms with van der Waals surface area (Å²) in [6.07, 6.45) is 0.731. The second-order valence-corrected chi connectivity index (χ2v) is 3.97. The maximum Gasteiger partial charge on any atom is 0.153 e. The number of hydrogen-bond acceptors (Lipinski definition) is 2. The van der Waals surface area contributed by atoms with Gasteiger partial charge in [0, 0.05) is 6.04 Å². The molecule has 0 aromatic heterocycles. The normalized spacial score (nSPS) is 26.9. The quantitative estimate of drug-likeness (QED) is 0.694. The Labute approximate surface area is 89.7 Å². The average molecular weight is 209 g/mol. The van der Waals surface area contributed by atoms with Crippen LogP contribution in [0.25, 0.3) is 0 Å². The number of halogens is 1. The molecule has 1 saturated heterocycles. The third kappa shape index (κ3) is 1.97. The fourth-order valence-electron chi connectivity index (χ4n) is 2.13. The SMILES string of the molecule is COc1ccc(C2CC[C@@H](F)N2C)cc1. The van der Waals surface area contributed by atoms with Gasteiger partial charge >= 0.3 is 0 Å². The zero-order valence-electron chi connectivity index (χ0n) is 9.11. The van der Waals surface area contributed by atoms with Crippen LogP contribution in [-0.4, -0.2) is 25.4 Å². The molecule has 1 fully saturated rings. The molecule has 3 heteroatoms. The van der Waals surface area contributed by atoms with Crippen LogP contribution in [0.2, 0.25) is 0 Å². The molecule has 1 heterocycles. The fraction of sp³-hybridized carbons (Fsp3) is 0.500. The lowest BCUT2D eigenvalue weighted by atomic mass is 10.0. The van der Waals surface area contributed by atoms with E-state index in [0.717, 1.165) is 12.2 Å². The van der Waals surface area contributed by atoms with E-state index < -0.39 is 6.30 Å². The zero-order chi connectivity index (χ0) is 10.8. The lowest BCUT2D eigenvalue weighted by molar-refractivity contribution is 0.124. The van der Waals surface area contributed by atoms with Gasteiger partial charge < -0.3 is 4.74 Å². The van der Waals surface area contributed by atoms with Crippen molar-refractivity contribution in [3.05, 3.63) is 29.8 Å². The molecule has 2 nitrogen and oxygen atoms in total. The molecule has 0 amide bonds. The summed E-state index contributed by atoms with van der Waals surface area (Å²) in [6, 6.07) is 8.09. The van der Waals surface area contributed by atoms with Gasteiger partial charge in [-0.3, -0.25) is 4.90 Å². The van der Waals surface area contributed by atoms with Gasteiger partial charge in [-0.25, -0.2) is 4.39 Å². The summed E-state index contributed by atoms with van der Waals surface area (Å²) in [6.45, 7) is 0. The third-order valence-corrected chi connectivity index (χ3v) is 3.11. The average Bonchev–Trinajstić information content (AvgIpc) is 2.60. The smallest absolute Gasteiger partial charge is 0.153 e. The van der Waals surface area contributed by atoms with Gasteiger partial charge in [0.2, 0.25) is 0 Å². The van der Waals surface area contributed by atoms with Crippen molar-refractivity contribution < 1.29 is 9.13 Å². The van der Waals surface area contributed by atoms with Gasteiger partial charge in [-0.2, -0.15) is 0 Å². The molecule has 0 bridgehead atoms. The van der Waals surface area contributed by atoms with E-state index >= 15 is 0 Å². The summed E-state index contributed by atoms with van der Waals surface area (Å²) in [5, 5.41) is 0. The van der Waals surface area contributed by atoms with E-state index in [4.69, 9.17) is 4.74 Å². The largest absolute Gasteiger partial charge is 0.497 e. The Morgan fingerprint density at radius 1 is 1.27 bits per heavy atom. The van der Waals surface area contributed by atoms with Crippen LogP contribution in [0.5, 0.6) is 5.75 Å². The van der Waals surface area contributed by atoms with Crippen molar-refractivity contribution in [2.75, 3.05) is 14.2 Å². The highest BCUT2D eigenvalue weighted by molar-refractivity contribution is 5.29. The molecule has 1 aromatic rings. The highest BCUT2D eigenvalue weighted by Crippen LogP contribution is 2.35. The summed E-state index contributed by atoms with van der Waals surface area (Å²) < 4.78 is 18.4. The van der Waals surface area contributed by atoms with Crippen LogP contribution < -0.4 is 4.74 Å². The second kappa shape index (κ2) is 4.19. The van der Waals surface area contributed by atoms with Crippen molar-refractivity contribution in [3.63, 3.8) is 0 Å². The van der Waals surface area contributed by atoms with Gasteiger partial charge in [-0.1, -0.05) is 12.1 Å². The monoisotopic (exact) mass is 209 g/mol. The first-order chi connectivity index (χ1) is 7.22. The van der Waals surface area contributed by atoms with Crippen molar-refractivity contribution in [1.82, 2.24) is 4.90 Å². The van der Waals surface area contributed by atoms with Gasteiger partial charge in [0.15, 0.2) is 6.30 Å². The maximum absolute atomic E-state index is 13.3. The molecule has 0 aliphatic carbocycles. The van der Waals surface area contributed by atoms with Gasteiger partial charge in [-0.05, 0) is 37.6 Å². The minimum Gasteiger partial charge on any atom is -0.497 e. The summed E-state index contributed by atoms with van der Waals surface area (Å²) in [4.78, 5) is 1.79. The molecule has 0 saturated carbocycles. The van der Waals surface area contributed by atoms with Crippen molar-refractivity contribution in [1.29, 1.82) is 0 Å². The van der Waals surface area contributed by atoms with Gasteiger partial charge in [-0.15, -0.1) is 0 Å². The van der Waals surface area contributed by atoms with Crippen LogP contribution in [0.3, 0.4) is 0 Å². The molecule has 0 N–H and O–H groups in total. The molecule has 1 aliphatic rings. The molecular formula is C12H16FNO. The number of benzene rings is 1. The summed E-state index contributed by atoms with van der Waals surface area (Å²) in [5.41, 5.74) is 1.17. The number of hydrogen-bond donors (Lipinski definition) is 0. The Morgan fingerprint density at radius 2 is 1.93 bits per heavy atom. The number of alkyl halides is 1. The lowest BCUT2D eigenvalue weighted by Gasteiger charge is -2.21. The van der Waals surface area contributed by atoms with Crippen LogP contribution in [0, 0.1) is 0 Å². The van der Waals surface area contributed by atoms with E-state index in [1.807, 2.05) is 31.3 Å². The molecule has 1 aliphatic heterocycles. The molecule has 1 aromatic carbocycles. The van der Waals surface area contributed by atoms with Crippen LogP contribution >= 0.6 is 0 Å². The summed E-state index contributed by atoms with van der Waals surface area (Å²) >= 11 is 0. The standard InChI is InChI=1S/C12H16FNO/c1-14-11(7-8-12(14)13)9-3-5-10(15-2)6-4-9/h3-6,11-12H,7-8H2,1-2H3/t11?,12-/m0/s1. The van der Waals surface area contributed by atoms with E-state index in [9.17, 15) is 4.39 Å². The number of nitrogens with zero attached hydrogens (tertiary/aromatic N) is 1. The first kappa shape index (κ1) is 10.4. The number of methoxy groups -OCH3 is 1. The molecule has 15 heavy (non-hydrogen) atoms. The number of ether oxygens (including phenoxy) is 1. The minimum absolute atomic E-state index is 0.214. The van der Waals surface area contributed by atoms with Crippen LogP contribution in [0.1, 0.15) is 24.4 Å². The first-order valence-electron chi connectivity index (χ1n) is 5.22. The maximum atomic E-state index is 13.3. The van der Waals surface area contributed by atoms with Crippen LogP contribution in [0.15, 0.2) is 24.3 Å². The van der Waals surface area contributed by atoms with Crippen LogP contribution in [0.4, 0.5) is 4.39 Å². The summed E-state index contributed by atoms with van der Waals surface area (Å²) in [7, 11) is 3.49. The fourth-order valence-corrected chi connectivity index (χ4v) is 2.13. The third-order valence-electron chi connectivity index (χ3n) is 3.11. The van der Waals surface area contributed by atoms with Gasteiger partial charge in [0.05, 0.1) is 7.11 Å². The van der Waals surface area contributed by atoms with Crippen molar-refractivity contribution in [2.45, 2.75) is 25.2 Å². The Morgan fingerprint density at radius 3 is 2.40 bits per heavy atom. The van der Waals surface area contributed by atoms with Gasteiger partial charge in [0.25, 0.3) is 0 Å². The van der Waals surface area contributed by atoms with Gasteiger partial charge in [0.1, 0.15) is 5.75 Å². The van der Waals surface area contributed by atoms with Crippen molar-refractivity contribution in [3.8, 4) is 5.75 Å². The second-order valence-electron chi connectivity index (χ2n) is 3.97. The molecular weight excluding hydrogens is 193 g/mol. The molecule has 0 radical (unpaired) electrons. The molecule has 0 spiro atoms. The zero-order valence-corrected chi connectivity index (χ0v) is 9.11. The molecule has 82 valence electrons. The molecule has 2 atom stereocenters. The first-order valence-corrected chi connectivity index (χ1v) is 5.22. The molecule has 1 unspecified atom stereocenters. The van der Waals surface area contributed by atoms with E-state index in [-0.39, 0.29) is 6.04 Å². The van der Waals surface area contributed by atoms with Crippen molar-refractivity contribution in [2.24, 2.45) is 0 Å². The minimum atomic E-state index is -0.794. The highest BCUT2D eigenvalue weighted by Gasteiger charge is 2.30. The van der Waals surface area contributed by atoms with Crippen molar-refractivity contribution >= 4 is 0 Å². The highest BCUT2D eigenvalue weighted by atomic mass is 19.1. The van der Waals surface area contributed by atoms with E-state index in [1.165, 1.54) is 5.56 Å². The number of rotatable bonds is 2. The Bertz CT molecular complexity index is 325. The predicted octanol–water partition coefficient (Wildman–Crippen LogP) is 2.76. The van der Waals surface area contributed by atoms with E-state index in [1.54, 1.807) is 12.0 Å². The molecule has 2 rings (SSSR count). The Hall–Kier alpha value is -1.09. The Kier molecular flexibility index (Phi) is 2.91. The predicted molar refractivity (Wildman–Crippen MR) is 57.6 cm³/mol. The number of likely N-dealkylation sites (tertiary alicyclic amines) is 1. The van der Waals surface area contributed by atoms with E-state index in [0.29, 0.717) is 6.42 Å². The van der Waals surface area contributed by atoms with Crippen LogP contribution in [-0.2, 0) is 0 Å².